The van der Waals surface area contributed by atoms with Crippen LogP contribution >= 0.6 is 0 Å². The first-order valence-corrected chi connectivity index (χ1v) is 13.3. The van der Waals surface area contributed by atoms with Crippen molar-refractivity contribution in [2.45, 2.75) is 63.5 Å². The van der Waals surface area contributed by atoms with Gasteiger partial charge in [-0.1, -0.05) is 29.8 Å². The van der Waals surface area contributed by atoms with E-state index in [-0.39, 0.29) is 17.6 Å². The van der Waals surface area contributed by atoms with Crippen LogP contribution in [0.15, 0.2) is 42.5 Å². The molecule has 0 saturated heterocycles. The van der Waals surface area contributed by atoms with Crippen LogP contribution in [0, 0.1) is 24.7 Å². The van der Waals surface area contributed by atoms with Gasteiger partial charge in [-0.2, -0.15) is 0 Å². The van der Waals surface area contributed by atoms with E-state index in [2.05, 4.69) is 58.5 Å². The number of aryl methyl sites for hydroxylation is 1. The molecule has 1 atom stereocenters. The second-order valence-corrected chi connectivity index (χ2v) is 11.8. The Morgan fingerprint density at radius 2 is 1.71 bits per heavy atom. The lowest BCUT2D eigenvalue weighted by Gasteiger charge is -2.57. The molecule has 182 valence electrons. The van der Waals surface area contributed by atoms with Crippen molar-refractivity contribution in [2.75, 3.05) is 13.7 Å². The molecule has 2 amide bonds. The van der Waals surface area contributed by atoms with E-state index < -0.39 is 0 Å². The van der Waals surface area contributed by atoms with Crippen molar-refractivity contribution in [3.05, 3.63) is 64.8 Å². The number of ether oxygens (including phenoxy) is 1. The number of amides is 2. The van der Waals surface area contributed by atoms with Crippen LogP contribution < -0.4 is 10.1 Å². The summed E-state index contributed by atoms with van der Waals surface area (Å²) in [6, 6.07) is 14.9. The van der Waals surface area contributed by atoms with E-state index in [0.29, 0.717) is 6.54 Å². The van der Waals surface area contributed by atoms with Gasteiger partial charge in [0, 0.05) is 28.7 Å². The number of aromatic amines is 1. The molecule has 2 aromatic carbocycles. The molecule has 0 radical (unpaired) electrons. The predicted molar refractivity (Wildman–Crippen MR) is 138 cm³/mol. The Labute approximate surface area is 207 Å². The number of benzene rings is 2. The van der Waals surface area contributed by atoms with E-state index in [0.717, 1.165) is 46.7 Å². The number of carbonyl (C=O) groups is 1. The number of H-pyrrole nitrogens is 1. The number of hydrogen-bond donors (Lipinski definition) is 2. The SMILES string of the molecule is COc1ccc2[nH]c3c(c2c1)CCN(C(=O)NC12CC4CC(CC(C4)C1)C2)C3c1ccc(C)cc1. The van der Waals surface area contributed by atoms with E-state index in [1.54, 1.807) is 7.11 Å². The fourth-order valence-electron chi connectivity index (χ4n) is 8.27. The molecule has 5 heteroatoms. The summed E-state index contributed by atoms with van der Waals surface area (Å²) < 4.78 is 5.51. The van der Waals surface area contributed by atoms with Gasteiger partial charge in [-0.05, 0) is 98.9 Å². The summed E-state index contributed by atoms with van der Waals surface area (Å²) in [5.74, 6) is 3.30. The molecule has 4 saturated carbocycles. The molecule has 1 aliphatic heterocycles. The Morgan fingerprint density at radius 1 is 1.03 bits per heavy atom. The maximum Gasteiger partial charge on any atom is 0.318 e. The predicted octanol–water partition coefficient (Wildman–Crippen LogP) is 6.11. The number of nitrogens with zero attached hydrogens (tertiary/aromatic N) is 1. The number of urea groups is 1. The van der Waals surface area contributed by atoms with Gasteiger partial charge in [0.05, 0.1) is 13.2 Å². The fraction of sp³-hybridized carbons (Fsp3) is 0.500. The van der Waals surface area contributed by atoms with Gasteiger partial charge in [0.15, 0.2) is 0 Å². The van der Waals surface area contributed by atoms with Crippen LogP contribution in [0.3, 0.4) is 0 Å². The minimum atomic E-state index is -0.119. The summed E-state index contributed by atoms with van der Waals surface area (Å²) in [6.45, 7) is 2.83. The van der Waals surface area contributed by atoms with Gasteiger partial charge in [0.25, 0.3) is 0 Å². The number of methoxy groups -OCH3 is 1. The third-order valence-corrected chi connectivity index (χ3v) is 9.40. The van der Waals surface area contributed by atoms with Crippen molar-refractivity contribution < 1.29 is 9.53 Å². The third kappa shape index (κ3) is 3.46. The van der Waals surface area contributed by atoms with E-state index >= 15 is 0 Å². The molecule has 5 nitrogen and oxygen atoms in total. The van der Waals surface area contributed by atoms with Gasteiger partial charge >= 0.3 is 6.03 Å². The molecule has 2 heterocycles. The summed E-state index contributed by atoms with van der Waals surface area (Å²) >= 11 is 0. The average Bonchev–Trinajstić information content (AvgIpc) is 3.20. The Morgan fingerprint density at radius 3 is 2.37 bits per heavy atom. The topological polar surface area (TPSA) is 57.4 Å². The molecule has 4 aliphatic carbocycles. The van der Waals surface area contributed by atoms with E-state index in [1.165, 1.54) is 55.0 Å². The van der Waals surface area contributed by atoms with Crippen molar-refractivity contribution in [3.8, 4) is 5.75 Å². The zero-order chi connectivity index (χ0) is 23.7. The lowest BCUT2D eigenvalue weighted by atomic mass is 9.53. The maximum absolute atomic E-state index is 14.0. The zero-order valence-electron chi connectivity index (χ0n) is 20.8. The smallest absolute Gasteiger partial charge is 0.318 e. The third-order valence-electron chi connectivity index (χ3n) is 9.40. The molecule has 1 unspecified atom stereocenters. The molecular formula is C30H35N3O2. The van der Waals surface area contributed by atoms with Crippen LogP contribution in [0.5, 0.6) is 5.75 Å². The molecule has 3 aromatic rings. The van der Waals surface area contributed by atoms with Crippen LogP contribution in [0.2, 0.25) is 0 Å². The number of hydrogen-bond acceptors (Lipinski definition) is 2. The molecule has 1 aromatic heterocycles. The number of aromatic nitrogens is 1. The highest BCUT2D eigenvalue weighted by Gasteiger charge is 2.52. The van der Waals surface area contributed by atoms with Crippen molar-refractivity contribution >= 4 is 16.9 Å². The minimum absolute atomic E-state index is 0.0117. The van der Waals surface area contributed by atoms with E-state index in [4.69, 9.17) is 4.74 Å². The molecule has 0 spiro atoms. The van der Waals surface area contributed by atoms with Crippen molar-refractivity contribution in [3.63, 3.8) is 0 Å². The van der Waals surface area contributed by atoms with Gasteiger partial charge in [-0.15, -0.1) is 0 Å². The number of rotatable bonds is 3. The van der Waals surface area contributed by atoms with Crippen LogP contribution in [0.4, 0.5) is 4.79 Å². The average molecular weight is 470 g/mol. The van der Waals surface area contributed by atoms with E-state index in [1.807, 2.05) is 6.07 Å². The molecule has 2 N–H and O–H groups in total. The normalized spacial score (nSPS) is 31.0. The van der Waals surface area contributed by atoms with Crippen LogP contribution in [0.25, 0.3) is 10.9 Å². The van der Waals surface area contributed by atoms with Crippen LogP contribution in [-0.2, 0) is 6.42 Å². The summed E-state index contributed by atoms with van der Waals surface area (Å²) in [7, 11) is 1.71. The standard InChI is InChI=1S/C30H35N3O2/c1-18-3-5-22(6-4-18)28-27-24(25-14-23(35-2)7-8-26(25)31-27)9-10-33(28)29(34)32-30-15-19-11-20(16-30)13-21(12-19)17-30/h3-8,14,19-21,28,31H,9-13,15-17H2,1-2H3,(H,32,34). The molecule has 5 aliphatic rings. The molecule has 8 rings (SSSR count). The van der Waals surface area contributed by atoms with Gasteiger partial charge in [0.2, 0.25) is 0 Å². The van der Waals surface area contributed by atoms with Crippen LogP contribution in [-0.4, -0.2) is 35.1 Å². The Hall–Kier alpha value is -2.95. The summed E-state index contributed by atoms with van der Waals surface area (Å²) in [5, 5.41) is 4.85. The monoisotopic (exact) mass is 469 g/mol. The van der Waals surface area contributed by atoms with Crippen molar-refractivity contribution in [1.29, 1.82) is 0 Å². The maximum atomic E-state index is 14.0. The van der Waals surface area contributed by atoms with E-state index in [9.17, 15) is 4.79 Å². The number of nitrogens with one attached hydrogen (secondary N) is 2. The first-order valence-electron chi connectivity index (χ1n) is 13.3. The van der Waals surface area contributed by atoms with Gasteiger partial charge < -0.3 is 19.9 Å². The Bertz CT molecular complexity index is 1260. The van der Waals surface area contributed by atoms with Crippen molar-refractivity contribution in [2.24, 2.45) is 17.8 Å². The van der Waals surface area contributed by atoms with Gasteiger partial charge in [-0.3, -0.25) is 0 Å². The molecule has 4 fully saturated rings. The first kappa shape index (κ1) is 21.3. The van der Waals surface area contributed by atoms with Crippen molar-refractivity contribution in [1.82, 2.24) is 15.2 Å². The minimum Gasteiger partial charge on any atom is -0.497 e. The fourth-order valence-corrected chi connectivity index (χ4v) is 8.27. The highest BCUT2D eigenvalue weighted by atomic mass is 16.5. The van der Waals surface area contributed by atoms with Gasteiger partial charge in [0.1, 0.15) is 5.75 Å². The van der Waals surface area contributed by atoms with Crippen LogP contribution in [0.1, 0.15) is 67.0 Å². The lowest BCUT2D eigenvalue weighted by molar-refractivity contribution is -0.0163. The molecule has 4 bridgehead atoms. The van der Waals surface area contributed by atoms with Gasteiger partial charge in [-0.25, -0.2) is 4.79 Å². The first-order chi connectivity index (χ1) is 17.0. The summed E-state index contributed by atoms with van der Waals surface area (Å²) in [6.07, 6.45) is 8.51. The summed E-state index contributed by atoms with van der Waals surface area (Å²) in [4.78, 5) is 19.8. The second-order valence-electron chi connectivity index (χ2n) is 11.8. The largest absolute Gasteiger partial charge is 0.497 e. The molecular weight excluding hydrogens is 434 g/mol. The highest BCUT2D eigenvalue weighted by Crippen LogP contribution is 2.55. The highest BCUT2D eigenvalue weighted by molar-refractivity contribution is 5.87. The zero-order valence-corrected chi connectivity index (χ0v) is 20.8. The number of carbonyl (C=O) groups excluding carboxylic acids is 1. The summed E-state index contributed by atoms with van der Waals surface area (Å²) in [5.41, 5.74) is 5.97. The second kappa shape index (κ2) is 7.78. The number of fused-ring (bicyclic) bond motifs is 3. The lowest BCUT2D eigenvalue weighted by Crippen LogP contribution is -2.62. The Balaban J connectivity index is 1.26. The Kier molecular flexibility index (Phi) is 4.74. The quantitative estimate of drug-likeness (QED) is 0.486. The molecule has 35 heavy (non-hydrogen) atoms.